The fraction of sp³-hybridized carbons (Fsp3) is 0.250. The van der Waals surface area contributed by atoms with Gasteiger partial charge in [0.25, 0.3) is 0 Å². The van der Waals surface area contributed by atoms with Crippen LogP contribution in [0.5, 0.6) is 0 Å². The Morgan fingerprint density at radius 2 is 2.00 bits per heavy atom. The molecule has 0 aliphatic heterocycles. The molecule has 0 aromatic heterocycles. The summed E-state index contributed by atoms with van der Waals surface area (Å²) in [6, 6.07) is 5.34. The maximum atomic E-state index is 11.3. The van der Waals surface area contributed by atoms with Crippen molar-refractivity contribution in [2.75, 3.05) is 0 Å². The molecule has 2 nitrogen and oxygen atoms in total. The van der Waals surface area contributed by atoms with Crippen LogP contribution in [0.2, 0.25) is 10.0 Å². The maximum absolute atomic E-state index is 11.3. The van der Waals surface area contributed by atoms with Crippen LogP contribution in [0.25, 0.3) is 6.08 Å². The van der Waals surface area contributed by atoms with Crippen LogP contribution in [0, 0.1) is 0 Å². The Balaban J connectivity index is 2.69. The second-order valence-electron chi connectivity index (χ2n) is 3.67. The molecule has 0 bridgehead atoms. The summed E-state index contributed by atoms with van der Waals surface area (Å²) >= 11 is 11.6. The van der Waals surface area contributed by atoms with Gasteiger partial charge in [0.05, 0.1) is 10.0 Å². The maximum Gasteiger partial charge on any atom is 0.244 e. The molecule has 0 fully saturated rings. The molecule has 0 heterocycles. The third-order valence-corrected chi connectivity index (χ3v) is 2.54. The molecular formula is C12H13Cl2NO. The molecule has 86 valence electrons. The van der Waals surface area contributed by atoms with Crippen LogP contribution in [-0.2, 0) is 4.79 Å². The highest BCUT2D eigenvalue weighted by molar-refractivity contribution is 6.42. The Morgan fingerprint density at radius 1 is 1.31 bits per heavy atom. The lowest BCUT2D eigenvalue weighted by atomic mass is 10.2. The first-order chi connectivity index (χ1) is 7.49. The van der Waals surface area contributed by atoms with Gasteiger partial charge in [-0.1, -0.05) is 29.3 Å². The minimum Gasteiger partial charge on any atom is -0.350 e. The van der Waals surface area contributed by atoms with Crippen molar-refractivity contribution in [2.45, 2.75) is 19.9 Å². The summed E-state index contributed by atoms with van der Waals surface area (Å²) in [5.74, 6) is -0.124. The SMILES string of the molecule is CC(C)NC(=O)C=Cc1ccc(Cl)c(Cl)c1. The molecule has 1 amide bonds. The highest BCUT2D eigenvalue weighted by atomic mass is 35.5. The van der Waals surface area contributed by atoms with Crippen LogP contribution in [0.3, 0.4) is 0 Å². The zero-order valence-corrected chi connectivity index (χ0v) is 10.6. The second kappa shape index (κ2) is 5.92. The van der Waals surface area contributed by atoms with Crippen molar-refractivity contribution < 1.29 is 4.79 Å². The second-order valence-corrected chi connectivity index (χ2v) is 4.48. The number of amides is 1. The van der Waals surface area contributed by atoms with Crippen LogP contribution in [0.15, 0.2) is 24.3 Å². The molecule has 0 atom stereocenters. The third kappa shape index (κ3) is 4.25. The van der Waals surface area contributed by atoms with Gasteiger partial charge in [-0.15, -0.1) is 0 Å². The quantitative estimate of drug-likeness (QED) is 0.825. The van der Waals surface area contributed by atoms with Gasteiger partial charge >= 0.3 is 0 Å². The lowest BCUT2D eigenvalue weighted by Gasteiger charge is -2.04. The van der Waals surface area contributed by atoms with Crippen molar-refractivity contribution in [3.8, 4) is 0 Å². The number of halogens is 2. The molecule has 0 aliphatic rings. The summed E-state index contributed by atoms with van der Waals surface area (Å²) in [5.41, 5.74) is 0.841. The largest absolute Gasteiger partial charge is 0.350 e. The predicted octanol–water partition coefficient (Wildman–Crippen LogP) is 3.53. The minimum atomic E-state index is -0.124. The van der Waals surface area contributed by atoms with E-state index in [9.17, 15) is 4.79 Å². The number of hydrogen-bond donors (Lipinski definition) is 1. The number of rotatable bonds is 3. The van der Waals surface area contributed by atoms with E-state index in [0.29, 0.717) is 10.0 Å². The van der Waals surface area contributed by atoms with E-state index >= 15 is 0 Å². The molecule has 4 heteroatoms. The minimum absolute atomic E-state index is 0.124. The van der Waals surface area contributed by atoms with Crippen molar-refractivity contribution in [2.24, 2.45) is 0 Å². The van der Waals surface area contributed by atoms with Gasteiger partial charge in [-0.25, -0.2) is 0 Å². The third-order valence-electron chi connectivity index (χ3n) is 1.80. The first-order valence-electron chi connectivity index (χ1n) is 4.92. The molecule has 1 aromatic rings. The molecule has 0 aliphatic carbocycles. The molecule has 1 N–H and O–H groups in total. The van der Waals surface area contributed by atoms with E-state index in [1.54, 1.807) is 24.3 Å². The van der Waals surface area contributed by atoms with E-state index < -0.39 is 0 Å². The number of nitrogens with one attached hydrogen (secondary N) is 1. The predicted molar refractivity (Wildman–Crippen MR) is 68.8 cm³/mol. The highest BCUT2D eigenvalue weighted by Gasteiger charge is 1.99. The van der Waals surface area contributed by atoms with E-state index in [-0.39, 0.29) is 11.9 Å². The van der Waals surface area contributed by atoms with E-state index in [0.717, 1.165) is 5.56 Å². The Morgan fingerprint density at radius 3 is 2.56 bits per heavy atom. The average molecular weight is 258 g/mol. The molecule has 0 spiro atoms. The molecule has 0 radical (unpaired) electrons. The Kier molecular flexibility index (Phi) is 4.84. The van der Waals surface area contributed by atoms with E-state index in [1.807, 2.05) is 13.8 Å². The molecule has 0 unspecified atom stereocenters. The van der Waals surface area contributed by atoms with Crippen molar-refractivity contribution in [3.63, 3.8) is 0 Å². The van der Waals surface area contributed by atoms with Crippen LogP contribution in [0.1, 0.15) is 19.4 Å². The Bertz CT molecular complexity index is 413. The van der Waals surface area contributed by atoms with Crippen molar-refractivity contribution >= 4 is 35.2 Å². The summed E-state index contributed by atoms with van der Waals surface area (Å²) in [4.78, 5) is 11.3. The summed E-state index contributed by atoms with van der Waals surface area (Å²) < 4.78 is 0. The molecular weight excluding hydrogens is 245 g/mol. The summed E-state index contributed by atoms with van der Waals surface area (Å²) in [5, 5.41) is 3.74. The van der Waals surface area contributed by atoms with Crippen molar-refractivity contribution in [1.82, 2.24) is 5.32 Å². The molecule has 0 saturated heterocycles. The normalized spacial score (nSPS) is 11.1. The fourth-order valence-electron chi connectivity index (χ4n) is 1.12. The zero-order valence-electron chi connectivity index (χ0n) is 9.13. The highest BCUT2D eigenvalue weighted by Crippen LogP contribution is 2.22. The van der Waals surface area contributed by atoms with Gasteiger partial charge in [0.2, 0.25) is 5.91 Å². The molecule has 16 heavy (non-hydrogen) atoms. The fourth-order valence-corrected chi connectivity index (χ4v) is 1.43. The van der Waals surface area contributed by atoms with Gasteiger partial charge in [-0.3, -0.25) is 4.79 Å². The zero-order chi connectivity index (χ0) is 12.1. The lowest BCUT2D eigenvalue weighted by molar-refractivity contribution is -0.116. The Labute approximate surface area is 105 Å². The monoisotopic (exact) mass is 257 g/mol. The summed E-state index contributed by atoms with van der Waals surface area (Å²) in [6.45, 7) is 3.82. The van der Waals surface area contributed by atoms with Gasteiger partial charge < -0.3 is 5.32 Å². The van der Waals surface area contributed by atoms with E-state index in [4.69, 9.17) is 23.2 Å². The van der Waals surface area contributed by atoms with Crippen molar-refractivity contribution in [1.29, 1.82) is 0 Å². The van der Waals surface area contributed by atoms with Crippen LogP contribution < -0.4 is 5.32 Å². The number of carbonyl (C=O) groups is 1. The van der Waals surface area contributed by atoms with Gasteiger partial charge in [-0.2, -0.15) is 0 Å². The molecule has 1 aromatic carbocycles. The number of hydrogen-bond acceptors (Lipinski definition) is 1. The smallest absolute Gasteiger partial charge is 0.244 e. The standard InChI is InChI=1S/C12H13Cl2NO/c1-8(2)15-12(16)6-4-9-3-5-10(13)11(14)7-9/h3-8H,1-2H3,(H,15,16). The van der Waals surface area contributed by atoms with Crippen LogP contribution in [-0.4, -0.2) is 11.9 Å². The lowest BCUT2D eigenvalue weighted by Crippen LogP contribution is -2.28. The first-order valence-corrected chi connectivity index (χ1v) is 5.68. The van der Waals surface area contributed by atoms with Gasteiger partial charge in [0.15, 0.2) is 0 Å². The van der Waals surface area contributed by atoms with Crippen LogP contribution >= 0.6 is 23.2 Å². The first kappa shape index (κ1) is 13.1. The number of carbonyl (C=O) groups excluding carboxylic acids is 1. The molecule has 0 saturated carbocycles. The average Bonchev–Trinajstić information content (AvgIpc) is 2.19. The molecule has 1 rings (SSSR count). The van der Waals surface area contributed by atoms with E-state index in [1.165, 1.54) is 6.08 Å². The summed E-state index contributed by atoms with van der Waals surface area (Å²) in [7, 11) is 0. The summed E-state index contributed by atoms with van der Waals surface area (Å²) in [6.07, 6.45) is 3.17. The van der Waals surface area contributed by atoms with Gasteiger partial charge in [-0.05, 0) is 37.6 Å². The Hall–Kier alpha value is -0.990. The van der Waals surface area contributed by atoms with Crippen molar-refractivity contribution in [3.05, 3.63) is 39.9 Å². The van der Waals surface area contributed by atoms with Crippen LogP contribution in [0.4, 0.5) is 0 Å². The number of benzene rings is 1. The topological polar surface area (TPSA) is 29.1 Å². The van der Waals surface area contributed by atoms with E-state index in [2.05, 4.69) is 5.32 Å². The van der Waals surface area contributed by atoms with Gasteiger partial charge in [0.1, 0.15) is 0 Å². The van der Waals surface area contributed by atoms with Gasteiger partial charge in [0, 0.05) is 12.1 Å².